The van der Waals surface area contributed by atoms with E-state index in [1.165, 1.54) is 5.56 Å². The van der Waals surface area contributed by atoms with E-state index in [2.05, 4.69) is 12.1 Å². The van der Waals surface area contributed by atoms with Crippen LogP contribution in [0.5, 0.6) is 0 Å². The Morgan fingerprint density at radius 1 is 1.12 bits per heavy atom. The van der Waals surface area contributed by atoms with Gasteiger partial charge in [-0.25, -0.2) is 0 Å². The first kappa shape index (κ1) is 9.67. The zero-order valence-electron chi connectivity index (χ0n) is 8.91. The number of rotatable bonds is 3. The summed E-state index contributed by atoms with van der Waals surface area (Å²) < 4.78 is 5.23. The molecule has 82 valence electrons. The zero-order chi connectivity index (χ0) is 11.0. The summed E-state index contributed by atoms with van der Waals surface area (Å²) in [6.07, 6.45) is 2.20. The molecule has 0 bridgehead atoms. The number of aliphatic hydroxyl groups is 1. The number of furan rings is 1. The van der Waals surface area contributed by atoms with Gasteiger partial charge in [-0.3, -0.25) is 0 Å². The van der Waals surface area contributed by atoms with Crippen LogP contribution in [-0.2, 0) is 0 Å². The van der Waals surface area contributed by atoms with Crippen molar-refractivity contribution >= 4 is 0 Å². The normalized spacial score (nSPS) is 25.3. The van der Waals surface area contributed by atoms with Gasteiger partial charge in [0.2, 0.25) is 0 Å². The highest BCUT2D eigenvalue weighted by Crippen LogP contribution is 2.53. The van der Waals surface area contributed by atoms with Crippen molar-refractivity contribution in [2.75, 3.05) is 0 Å². The van der Waals surface area contributed by atoms with Crippen molar-refractivity contribution in [1.82, 2.24) is 0 Å². The molecule has 2 nitrogen and oxygen atoms in total. The van der Waals surface area contributed by atoms with Gasteiger partial charge < -0.3 is 9.52 Å². The van der Waals surface area contributed by atoms with E-state index in [0.29, 0.717) is 17.6 Å². The monoisotopic (exact) mass is 214 g/mol. The lowest BCUT2D eigenvalue weighted by molar-refractivity contribution is 0.125. The average molecular weight is 214 g/mol. The van der Waals surface area contributed by atoms with Gasteiger partial charge in [0.1, 0.15) is 11.9 Å². The average Bonchev–Trinajstić information content (AvgIpc) is 2.95. The minimum absolute atomic E-state index is 0.313. The van der Waals surface area contributed by atoms with Gasteiger partial charge in [0.15, 0.2) is 0 Å². The summed E-state index contributed by atoms with van der Waals surface area (Å²) in [5, 5.41) is 10.1. The number of hydrogen-bond acceptors (Lipinski definition) is 2. The lowest BCUT2D eigenvalue weighted by Crippen LogP contribution is -1.99. The van der Waals surface area contributed by atoms with Crippen molar-refractivity contribution in [2.45, 2.75) is 18.4 Å². The summed E-state index contributed by atoms with van der Waals surface area (Å²) in [5.74, 6) is 1.48. The maximum Gasteiger partial charge on any atom is 0.132 e. The molecule has 3 unspecified atom stereocenters. The van der Waals surface area contributed by atoms with Gasteiger partial charge in [-0.05, 0) is 36.0 Å². The standard InChI is InChI=1S/C14H14O2/c15-14(13-7-4-8-16-13)12-9-11(12)10-5-2-1-3-6-10/h1-8,11-12,14-15H,9H2. The fourth-order valence-electron chi connectivity index (χ4n) is 2.32. The molecule has 1 fully saturated rings. The molecule has 3 atom stereocenters. The molecular formula is C14H14O2. The topological polar surface area (TPSA) is 33.4 Å². The predicted octanol–water partition coefficient (Wildman–Crippen LogP) is 3.12. The van der Waals surface area contributed by atoms with Crippen LogP contribution in [0.15, 0.2) is 53.1 Å². The fraction of sp³-hybridized carbons (Fsp3) is 0.286. The van der Waals surface area contributed by atoms with Crippen LogP contribution in [0.3, 0.4) is 0 Å². The van der Waals surface area contributed by atoms with Gasteiger partial charge >= 0.3 is 0 Å². The quantitative estimate of drug-likeness (QED) is 0.851. The smallest absolute Gasteiger partial charge is 0.132 e. The summed E-state index contributed by atoms with van der Waals surface area (Å²) in [4.78, 5) is 0. The SMILES string of the molecule is OC(c1ccco1)C1CC1c1ccccc1. The molecule has 1 saturated carbocycles. The molecule has 2 aromatic rings. The molecule has 0 radical (unpaired) electrons. The Bertz CT molecular complexity index is 447. The molecule has 0 amide bonds. The molecule has 0 aliphatic heterocycles. The zero-order valence-corrected chi connectivity index (χ0v) is 8.91. The molecule has 1 aromatic carbocycles. The Hall–Kier alpha value is -1.54. The van der Waals surface area contributed by atoms with Crippen LogP contribution in [-0.4, -0.2) is 5.11 Å². The molecule has 2 heteroatoms. The van der Waals surface area contributed by atoms with Crippen molar-refractivity contribution < 1.29 is 9.52 Å². The van der Waals surface area contributed by atoms with Gasteiger partial charge in [0.25, 0.3) is 0 Å². The highest BCUT2D eigenvalue weighted by atomic mass is 16.4. The van der Waals surface area contributed by atoms with E-state index in [1.54, 1.807) is 6.26 Å². The Labute approximate surface area is 94.5 Å². The number of benzene rings is 1. The molecule has 1 heterocycles. The Kier molecular flexibility index (Phi) is 2.29. The highest BCUT2D eigenvalue weighted by Gasteiger charge is 2.44. The summed E-state index contributed by atoms with van der Waals surface area (Å²) in [6, 6.07) is 14.0. The van der Waals surface area contributed by atoms with E-state index in [4.69, 9.17) is 4.42 Å². The Balaban J connectivity index is 1.73. The summed E-state index contributed by atoms with van der Waals surface area (Å²) >= 11 is 0. The second-order valence-electron chi connectivity index (χ2n) is 4.38. The van der Waals surface area contributed by atoms with Crippen LogP contribution in [0.1, 0.15) is 29.8 Å². The van der Waals surface area contributed by atoms with Crippen molar-refractivity contribution in [3.05, 3.63) is 60.1 Å². The minimum atomic E-state index is -0.458. The first-order valence-corrected chi connectivity index (χ1v) is 5.62. The van der Waals surface area contributed by atoms with E-state index in [0.717, 1.165) is 6.42 Å². The fourth-order valence-corrected chi connectivity index (χ4v) is 2.32. The molecular weight excluding hydrogens is 200 g/mol. The van der Waals surface area contributed by atoms with Crippen LogP contribution in [0.2, 0.25) is 0 Å². The Morgan fingerprint density at radius 3 is 2.62 bits per heavy atom. The maximum atomic E-state index is 10.1. The second-order valence-corrected chi connectivity index (χ2v) is 4.38. The molecule has 0 saturated heterocycles. The van der Waals surface area contributed by atoms with Crippen LogP contribution in [0.4, 0.5) is 0 Å². The maximum absolute atomic E-state index is 10.1. The molecule has 16 heavy (non-hydrogen) atoms. The first-order chi connectivity index (χ1) is 7.86. The molecule has 1 aromatic heterocycles. The number of aliphatic hydroxyl groups excluding tert-OH is 1. The Morgan fingerprint density at radius 2 is 1.94 bits per heavy atom. The van der Waals surface area contributed by atoms with Crippen LogP contribution in [0.25, 0.3) is 0 Å². The lowest BCUT2D eigenvalue weighted by atomic mass is 10.1. The van der Waals surface area contributed by atoms with Crippen molar-refractivity contribution in [3.8, 4) is 0 Å². The molecule has 0 spiro atoms. The van der Waals surface area contributed by atoms with Crippen molar-refractivity contribution in [2.24, 2.45) is 5.92 Å². The van der Waals surface area contributed by atoms with Gasteiger partial charge in [0, 0.05) is 0 Å². The molecule has 3 rings (SSSR count). The summed E-state index contributed by atoms with van der Waals surface area (Å²) in [5.41, 5.74) is 1.32. The van der Waals surface area contributed by atoms with E-state index in [9.17, 15) is 5.11 Å². The number of hydrogen-bond donors (Lipinski definition) is 1. The minimum Gasteiger partial charge on any atom is -0.467 e. The third-order valence-corrected chi connectivity index (χ3v) is 3.31. The van der Waals surface area contributed by atoms with Crippen LogP contribution in [0, 0.1) is 5.92 Å². The lowest BCUT2D eigenvalue weighted by Gasteiger charge is -2.06. The van der Waals surface area contributed by atoms with E-state index >= 15 is 0 Å². The van der Waals surface area contributed by atoms with Gasteiger partial charge in [-0.2, -0.15) is 0 Å². The summed E-state index contributed by atoms with van der Waals surface area (Å²) in [6.45, 7) is 0. The molecule has 1 N–H and O–H groups in total. The van der Waals surface area contributed by atoms with Gasteiger partial charge in [-0.15, -0.1) is 0 Å². The second kappa shape index (κ2) is 3.80. The molecule has 1 aliphatic carbocycles. The van der Waals surface area contributed by atoms with Crippen molar-refractivity contribution in [3.63, 3.8) is 0 Å². The van der Waals surface area contributed by atoms with E-state index < -0.39 is 6.10 Å². The largest absolute Gasteiger partial charge is 0.467 e. The van der Waals surface area contributed by atoms with Crippen LogP contribution < -0.4 is 0 Å². The third-order valence-electron chi connectivity index (χ3n) is 3.31. The highest BCUT2D eigenvalue weighted by molar-refractivity contribution is 5.27. The van der Waals surface area contributed by atoms with Gasteiger partial charge in [0.05, 0.1) is 6.26 Å². The third kappa shape index (κ3) is 1.65. The van der Waals surface area contributed by atoms with E-state index in [1.807, 2.05) is 30.3 Å². The van der Waals surface area contributed by atoms with E-state index in [-0.39, 0.29) is 0 Å². The first-order valence-electron chi connectivity index (χ1n) is 5.62. The van der Waals surface area contributed by atoms with Gasteiger partial charge in [-0.1, -0.05) is 30.3 Å². The van der Waals surface area contributed by atoms with Crippen molar-refractivity contribution in [1.29, 1.82) is 0 Å². The molecule has 1 aliphatic rings. The predicted molar refractivity (Wildman–Crippen MR) is 61.0 cm³/mol. The van der Waals surface area contributed by atoms with Crippen LogP contribution >= 0.6 is 0 Å². The summed E-state index contributed by atoms with van der Waals surface area (Å²) in [7, 11) is 0.